The first kappa shape index (κ1) is 20.4. The number of rotatable bonds is 7. The Morgan fingerprint density at radius 2 is 1.86 bits per heavy atom. The summed E-state index contributed by atoms with van der Waals surface area (Å²) in [5, 5.41) is 5.00. The third-order valence-electron chi connectivity index (χ3n) is 4.29. The largest absolute Gasteiger partial charge is 0.462 e. The van der Waals surface area contributed by atoms with Gasteiger partial charge in [-0.3, -0.25) is 4.79 Å². The van der Waals surface area contributed by atoms with Gasteiger partial charge >= 0.3 is 6.01 Å². The van der Waals surface area contributed by atoms with Crippen LogP contribution in [0.5, 0.6) is 6.01 Å². The van der Waals surface area contributed by atoms with E-state index in [2.05, 4.69) is 23.9 Å². The second-order valence-electron chi connectivity index (χ2n) is 6.31. The molecule has 0 aliphatic rings. The van der Waals surface area contributed by atoms with Crippen LogP contribution in [-0.2, 0) is 6.42 Å². The molecule has 0 fully saturated rings. The van der Waals surface area contributed by atoms with E-state index in [0.717, 1.165) is 24.8 Å². The summed E-state index contributed by atoms with van der Waals surface area (Å²) in [5.41, 5.74) is 2.26. The lowest BCUT2D eigenvalue weighted by molar-refractivity contribution is 0.0945. The van der Waals surface area contributed by atoms with E-state index in [1.807, 2.05) is 24.3 Å². The number of nitrogens with zero attached hydrogens (tertiary/aromatic N) is 3. The third kappa shape index (κ3) is 4.54. The fourth-order valence-electron chi connectivity index (χ4n) is 2.66. The van der Waals surface area contributed by atoms with Crippen LogP contribution < -0.4 is 4.74 Å². The monoisotopic (exact) mass is 417 g/mol. The number of aryl methyl sites for hydroxylation is 1. The normalized spacial score (nSPS) is 10.9. The average Bonchev–Trinajstić information content (AvgIpc) is 3.12. The van der Waals surface area contributed by atoms with Crippen molar-refractivity contribution in [2.45, 2.75) is 33.1 Å². The van der Waals surface area contributed by atoms with Gasteiger partial charge in [-0.1, -0.05) is 67.7 Å². The van der Waals surface area contributed by atoms with Crippen LogP contribution >= 0.6 is 23.2 Å². The Bertz CT molecular complexity index is 968. The van der Waals surface area contributed by atoms with Crippen molar-refractivity contribution in [2.24, 2.45) is 0 Å². The number of ether oxygens (including phenoxy) is 1. The van der Waals surface area contributed by atoms with Crippen LogP contribution in [0.2, 0.25) is 10.0 Å². The molecule has 2 aromatic carbocycles. The topological polar surface area (TPSA) is 57.0 Å². The molecule has 0 aliphatic carbocycles. The van der Waals surface area contributed by atoms with E-state index >= 15 is 0 Å². The van der Waals surface area contributed by atoms with Crippen molar-refractivity contribution >= 4 is 29.1 Å². The van der Waals surface area contributed by atoms with Crippen LogP contribution in [0.1, 0.15) is 42.6 Å². The molecule has 0 atom stereocenters. The molecule has 0 bridgehead atoms. The third-order valence-corrected chi connectivity index (χ3v) is 4.84. The van der Waals surface area contributed by atoms with E-state index in [1.54, 1.807) is 12.1 Å². The Hall–Kier alpha value is -2.37. The zero-order chi connectivity index (χ0) is 20.1. The molecule has 7 heteroatoms. The van der Waals surface area contributed by atoms with Gasteiger partial charge in [0.1, 0.15) is 0 Å². The van der Waals surface area contributed by atoms with Crippen molar-refractivity contribution in [1.29, 1.82) is 0 Å². The van der Waals surface area contributed by atoms with Crippen molar-refractivity contribution in [1.82, 2.24) is 14.8 Å². The SMILES string of the molecule is CCCCOc1nc(-c2ccc(CC)cc2)n(C(=O)c2ccc(Cl)cc2Cl)n1. The van der Waals surface area contributed by atoms with Crippen molar-refractivity contribution < 1.29 is 9.53 Å². The number of halogens is 2. The maximum atomic E-state index is 13.1. The molecule has 0 N–H and O–H groups in total. The zero-order valence-corrected chi connectivity index (χ0v) is 17.3. The number of hydrogen-bond donors (Lipinski definition) is 0. The summed E-state index contributed by atoms with van der Waals surface area (Å²) < 4.78 is 6.85. The zero-order valence-electron chi connectivity index (χ0n) is 15.8. The number of carbonyl (C=O) groups excluding carboxylic acids is 1. The van der Waals surface area contributed by atoms with Crippen molar-refractivity contribution in [3.05, 3.63) is 63.6 Å². The molecular weight excluding hydrogens is 397 g/mol. The number of aromatic nitrogens is 3. The van der Waals surface area contributed by atoms with Crippen molar-refractivity contribution in [3.8, 4) is 17.4 Å². The van der Waals surface area contributed by atoms with Crippen LogP contribution in [0.15, 0.2) is 42.5 Å². The molecule has 1 aromatic heterocycles. The summed E-state index contributed by atoms with van der Waals surface area (Å²) in [4.78, 5) is 17.6. The van der Waals surface area contributed by atoms with Crippen molar-refractivity contribution in [3.63, 3.8) is 0 Å². The predicted octanol–water partition coefficient (Wildman–Crippen LogP) is 5.68. The lowest BCUT2D eigenvalue weighted by Crippen LogP contribution is -2.16. The quantitative estimate of drug-likeness (QED) is 0.463. The number of unbranched alkanes of at least 4 members (excludes halogenated alkanes) is 1. The van der Waals surface area contributed by atoms with Gasteiger partial charge in [0.2, 0.25) is 0 Å². The first-order valence-electron chi connectivity index (χ1n) is 9.22. The van der Waals surface area contributed by atoms with Gasteiger partial charge in [0.05, 0.1) is 17.2 Å². The Morgan fingerprint density at radius 3 is 2.50 bits per heavy atom. The predicted molar refractivity (Wildman–Crippen MR) is 111 cm³/mol. The summed E-state index contributed by atoms with van der Waals surface area (Å²) >= 11 is 12.2. The molecular formula is C21H21Cl2N3O2. The van der Waals surface area contributed by atoms with Crippen LogP contribution in [-0.4, -0.2) is 27.3 Å². The maximum Gasteiger partial charge on any atom is 0.336 e. The highest BCUT2D eigenvalue weighted by Gasteiger charge is 2.22. The van der Waals surface area contributed by atoms with Gasteiger partial charge < -0.3 is 4.74 Å². The highest BCUT2D eigenvalue weighted by molar-refractivity contribution is 6.36. The molecule has 28 heavy (non-hydrogen) atoms. The number of benzene rings is 2. The smallest absolute Gasteiger partial charge is 0.336 e. The van der Waals surface area contributed by atoms with E-state index in [4.69, 9.17) is 27.9 Å². The molecule has 0 aliphatic heterocycles. The van der Waals surface area contributed by atoms with Crippen LogP contribution in [0.3, 0.4) is 0 Å². The summed E-state index contributed by atoms with van der Waals surface area (Å²) in [5.74, 6) is 0.0132. The lowest BCUT2D eigenvalue weighted by Gasteiger charge is -2.07. The molecule has 0 unspecified atom stereocenters. The molecule has 0 saturated heterocycles. The van der Waals surface area contributed by atoms with Gasteiger partial charge in [-0.25, -0.2) is 0 Å². The second kappa shape index (κ2) is 9.22. The summed E-state index contributed by atoms with van der Waals surface area (Å²) in [6.07, 6.45) is 2.80. The van der Waals surface area contributed by atoms with Gasteiger partial charge in [-0.2, -0.15) is 9.67 Å². The second-order valence-corrected chi connectivity index (χ2v) is 7.16. The minimum absolute atomic E-state index is 0.168. The highest BCUT2D eigenvalue weighted by Crippen LogP contribution is 2.26. The fourth-order valence-corrected chi connectivity index (χ4v) is 3.15. The molecule has 0 spiro atoms. The average molecular weight is 418 g/mol. The summed E-state index contributed by atoms with van der Waals surface area (Å²) in [7, 11) is 0. The van der Waals surface area contributed by atoms with Crippen LogP contribution in [0.4, 0.5) is 0 Å². The van der Waals surface area contributed by atoms with E-state index in [9.17, 15) is 4.79 Å². The molecule has 3 aromatic rings. The maximum absolute atomic E-state index is 13.1. The van der Waals surface area contributed by atoms with Crippen molar-refractivity contribution in [2.75, 3.05) is 6.61 Å². The molecule has 1 heterocycles. The van der Waals surface area contributed by atoms with E-state index in [-0.39, 0.29) is 11.0 Å². The van der Waals surface area contributed by atoms with Crippen LogP contribution in [0.25, 0.3) is 11.4 Å². The Labute approximate surface area is 174 Å². The number of carbonyl (C=O) groups is 1. The van der Waals surface area contributed by atoms with Gasteiger partial charge in [-0.15, -0.1) is 5.10 Å². The molecule has 5 nitrogen and oxygen atoms in total. The number of hydrogen-bond acceptors (Lipinski definition) is 4. The Morgan fingerprint density at radius 1 is 1.11 bits per heavy atom. The molecule has 0 radical (unpaired) electrons. The molecule has 0 amide bonds. The van der Waals surface area contributed by atoms with E-state index in [0.29, 0.717) is 23.0 Å². The highest BCUT2D eigenvalue weighted by atomic mass is 35.5. The van der Waals surface area contributed by atoms with Gasteiger partial charge in [-0.05, 0) is 36.6 Å². The summed E-state index contributed by atoms with van der Waals surface area (Å²) in [6.45, 7) is 4.65. The fraction of sp³-hybridized carbons (Fsp3) is 0.286. The summed E-state index contributed by atoms with van der Waals surface area (Å²) in [6, 6.07) is 12.8. The molecule has 146 valence electrons. The first-order valence-corrected chi connectivity index (χ1v) is 9.98. The lowest BCUT2D eigenvalue weighted by atomic mass is 10.1. The van der Waals surface area contributed by atoms with Gasteiger partial charge in [0.15, 0.2) is 5.82 Å². The molecule has 0 saturated carbocycles. The Kier molecular flexibility index (Phi) is 6.70. The standard InChI is InChI=1S/C21H21Cl2N3O2/c1-3-5-12-28-21-24-19(15-8-6-14(4-2)7-9-15)26(25-21)20(27)17-11-10-16(22)13-18(17)23/h6-11,13H,3-5,12H2,1-2H3. The minimum Gasteiger partial charge on any atom is -0.462 e. The molecule has 3 rings (SSSR count). The van der Waals surface area contributed by atoms with Gasteiger partial charge in [0, 0.05) is 10.6 Å². The van der Waals surface area contributed by atoms with Crippen LogP contribution in [0, 0.1) is 0 Å². The Balaban J connectivity index is 2.02. The van der Waals surface area contributed by atoms with E-state index in [1.165, 1.54) is 16.3 Å². The van der Waals surface area contributed by atoms with E-state index < -0.39 is 5.91 Å². The van der Waals surface area contributed by atoms with Gasteiger partial charge in [0.25, 0.3) is 5.91 Å². The minimum atomic E-state index is -0.394. The first-order chi connectivity index (χ1) is 13.5.